The van der Waals surface area contributed by atoms with Crippen LogP contribution in [0.5, 0.6) is 6.01 Å². The molecular formula is C39H41F2N7O3. The first kappa shape index (κ1) is 33.3. The third-order valence-electron chi connectivity index (χ3n) is 11.2. The average Bonchev–Trinajstić information content (AvgIpc) is 3.77. The summed E-state index contributed by atoms with van der Waals surface area (Å²) in [5, 5.41) is 5.21. The molecule has 1 N–H and O–H groups in total. The van der Waals surface area contributed by atoms with Crippen molar-refractivity contribution in [1.29, 1.82) is 0 Å². The SMILES string of the molecule is C#Cc1c(F)ccc2cccc(-c3ncc4c(N5C[C@H]6CC[C@@H](C5)N6)nc(OC[C@@]56CC[C@@H](COC(=O)N(C)CC)N5CC(=C)C6)nc4c3F)c12. The van der Waals surface area contributed by atoms with Crippen LogP contribution < -0.4 is 15.0 Å². The largest absolute Gasteiger partial charge is 0.461 e. The molecule has 4 saturated heterocycles. The van der Waals surface area contributed by atoms with E-state index in [2.05, 4.69) is 37.6 Å². The van der Waals surface area contributed by atoms with Crippen molar-refractivity contribution in [2.45, 2.75) is 62.7 Å². The molecule has 6 heterocycles. The minimum atomic E-state index is -0.660. The number of rotatable bonds is 8. The maximum atomic E-state index is 17.0. The van der Waals surface area contributed by atoms with Gasteiger partial charge in [0.2, 0.25) is 0 Å². The molecule has 51 heavy (non-hydrogen) atoms. The number of terminal acetylenes is 1. The van der Waals surface area contributed by atoms with E-state index in [1.54, 1.807) is 36.3 Å². The van der Waals surface area contributed by atoms with Gasteiger partial charge in [-0.1, -0.05) is 42.3 Å². The van der Waals surface area contributed by atoms with Crippen molar-refractivity contribution < 1.29 is 23.0 Å². The molecule has 4 fully saturated rings. The Morgan fingerprint density at radius 2 is 1.98 bits per heavy atom. The van der Waals surface area contributed by atoms with Gasteiger partial charge in [0.25, 0.3) is 0 Å². The number of pyridine rings is 1. The average molecular weight is 694 g/mol. The van der Waals surface area contributed by atoms with Gasteiger partial charge in [0.1, 0.15) is 36.1 Å². The summed E-state index contributed by atoms with van der Waals surface area (Å²) in [6.45, 7) is 9.39. The first-order chi connectivity index (χ1) is 24.7. The van der Waals surface area contributed by atoms with Crippen LogP contribution in [0.1, 0.15) is 44.6 Å². The van der Waals surface area contributed by atoms with E-state index in [0.717, 1.165) is 37.7 Å². The van der Waals surface area contributed by atoms with Gasteiger partial charge in [-0.3, -0.25) is 9.88 Å². The highest BCUT2D eigenvalue weighted by atomic mass is 19.1. The maximum absolute atomic E-state index is 17.0. The molecule has 1 amide bonds. The molecule has 10 nitrogen and oxygen atoms in total. The lowest BCUT2D eigenvalue weighted by molar-refractivity contribution is 0.0470. The number of hydrogen-bond donors (Lipinski definition) is 1. The van der Waals surface area contributed by atoms with Gasteiger partial charge in [0.15, 0.2) is 5.82 Å². The van der Waals surface area contributed by atoms with Gasteiger partial charge in [-0.05, 0) is 50.5 Å². The number of aromatic nitrogens is 3. The zero-order valence-electron chi connectivity index (χ0n) is 28.9. The molecule has 0 saturated carbocycles. The lowest BCUT2D eigenvalue weighted by Crippen LogP contribution is -2.51. The fourth-order valence-electron chi connectivity index (χ4n) is 8.53. The number of benzene rings is 2. The van der Waals surface area contributed by atoms with E-state index >= 15 is 4.39 Å². The van der Waals surface area contributed by atoms with Crippen molar-refractivity contribution in [2.24, 2.45) is 0 Å². The topological polar surface area (TPSA) is 96.0 Å². The van der Waals surface area contributed by atoms with Crippen LogP contribution in [-0.4, -0.2) is 101 Å². The molecule has 4 aromatic rings. The molecule has 264 valence electrons. The van der Waals surface area contributed by atoms with Crippen LogP contribution in [0, 0.1) is 24.0 Å². The van der Waals surface area contributed by atoms with Crippen molar-refractivity contribution >= 4 is 33.6 Å². The third kappa shape index (κ3) is 5.82. The van der Waals surface area contributed by atoms with E-state index in [0.29, 0.717) is 65.8 Å². The number of halogens is 2. The van der Waals surface area contributed by atoms with E-state index in [-0.39, 0.29) is 53.7 Å². The second-order valence-corrected chi connectivity index (χ2v) is 14.4. The molecular weight excluding hydrogens is 652 g/mol. The minimum absolute atomic E-state index is 0.0185. The Labute approximate surface area is 295 Å². The minimum Gasteiger partial charge on any atom is -0.461 e. The molecule has 2 bridgehead atoms. The van der Waals surface area contributed by atoms with Crippen molar-refractivity contribution in [2.75, 3.05) is 51.3 Å². The molecule has 2 aromatic carbocycles. The maximum Gasteiger partial charge on any atom is 0.409 e. The van der Waals surface area contributed by atoms with Crippen LogP contribution in [0.25, 0.3) is 32.9 Å². The van der Waals surface area contributed by atoms with Gasteiger partial charge in [-0.25, -0.2) is 13.6 Å². The number of carbonyl (C=O) groups is 1. The highest BCUT2D eigenvalue weighted by Crippen LogP contribution is 2.45. The van der Waals surface area contributed by atoms with E-state index in [9.17, 15) is 9.18 Å². The van der Waals surface area contributed by atoms with E-state index in [1.807, 2.05) is 13.0 Å². The number of nitrogens with zero attached hydrogens (tertiary/aromatic N) is 6. The predicted molar refractivity (Wildman–Crippen MR) is 192 cm³/mol. The normalized spacial score (nSPS) is 24.3. The summed E-state index contributed by atoms with van der Waals surface area (Å²) in [5.74, 6) is 1.80. The highest BCUT2D eigenvalue weighted by Gasteiger charge is 2.51. The van der Waals surface area contributed by atoms with Crippen molar-refractivity contribution in [3.05, 3.63) is 65.9 Å². The number of hydrogen-bond acceptors (Lipinski definition) is 9. The Morgan fingerprint density at radius 1 is 1.18 bits per heavy atom. The van der Waals surface area contributed by atoms with E-state index in [4.69, 9.17) is 20.9 Å². The highest BCUT2D eigenvalue weighted by molar-refractivity contribution is 6.02. The number of anilines is 1. The molecule has 0 spiro atoms. The van der Waals surface area contributed by atoms with Crippen LogP contribution in [0.3, 0.4) is 0 Å². The van der Waals surface area contributed by atoms with Crippen LogP contribution in [-0.2, 0) is 4.74 Å². The van der Waals surface area contributed by atoms with Gasteiger partial charge in [-0.2, -0.15) is 9.97 Å². The summed E-state index contributed by atoms with van der Waals surface area (Å²) < 4.78 is 44.0. The second kappa shape index (κ2) is 13.0. The molecule has 4 aliphatic heterocycles. The summed E-state index contributed by atoms with van der Waals surface area (Å²) in [7, 11) is 1.72. The van der Waals surface area contributed by atoms with E-state index < -0.39 is 11.6 Å². The summed E-state index contributed by atoms with van der Waals surface area (Å²) in [5.41, 5.74) is 1.23. The number of fused-ring (bicyclic) bond motifs is 5. The van der Waals surface area contributed by atoms with Gasteiger partial charge >= 0.3 is 12.1 Å². The Balaban J connectivity index is 1.16. The smallest absolute Gasteiger partial charge is 0.409 e. The second-order valence-electron chi connectivity index (χ2n) is 14.4. The summed E-state index contributed by atoms with van der Waals surface area (Å²) in [4.78, 5) is 32.7. The number of ether oxygens (including phenoxy) is 2. The monoisotopic (exact) mass is 693 g/mol. The van der Waals surface area contributed by atoms with Crippen molar-refractivity contribution in [1.82, 2.24) is 30.1 Å². The Kier molecular flexibility index (Phi) is 8.51. The predicted octanol–water partition coefficient (Wildman–Crippen LogP) is 5.68. The molecule has 8 rings (SSSR count). The fraction of sp³-hybridized carbons (Fsp3) is 0.436. The Morgan fingerprint density at radius 3 is 2.75 bits per heavy atom. The molecule has 0 radical (unpaired) electrons. The first-order valence-electron chi connectivity index (χ1n) is 17.7. The van der Waals surface area contributed by atoms with Crippen LogP contribution in [0.4, 0.5) is 19.4 Å². The number of amides is 1. The number of piperazine rings is 1. The number of nitrogens with one attached hydrogen (secondary N) is 1. The fourth-order valence-corrected chi connectivity index (χ4v) is 8.53. The zero-order chi connectivity index (χ0) is 35.4. The number of carbonyl (C=O) groups excluding carboxylic acids is 1. The summed E-state index contributed by atoms with van der Waals surface area (Å²) >= 11 is 0. The molecule has 12 heteroatoms. The van der Waals surface area contributed by atoms with Gasteiger partial charge in [0, 0.05) is 68.5 Å². The summed E-state index contributed by atoms with van der Waals surface area (Å²) in [6, 6.07) is 8.93. The van der Waals surface area contributed by atoms with Gasteiger partial charge < -0.3 is 24.6 Å². The quantitative estimate of drug-likeness (QED) is 0.185. The van der Waals surface area contributed by atoms with Crippen LogP contribution in [0.15, 0.2) is 48.7 Å². The van der Waals surface area contributed by atoms with Crippen LogP contribution in [0.2, 0.25) is 0 Å². The van der Waals surface area contributed by atoms with Crippen LogP contribution >= 0.6 is 0 Å². The van der Waals surface area contributed by atoms with Gasteiger partial charge in [0.05, 0.1) is 16.5 Å². The molecule has 0 aliphatic carbocycles. The Bertz CT molecular complexity index is 2090. The first-order valence-corrected chi connectivity index (χ1v) is 17.7. The van der Waals surface area contributed by atoms with Gasteiger partial charge in [-0.15, -0.1) is 6.42 Å². The molecule has 4 atom stereocenters. The third-order valence-corrected chi connectivity index (χ3v) is 11.2. The molecule has 2 aromatic heterocycles. The molecule has 4 aliphatic rings. The lowest BCUT2D eigenvalue weighted by atomic mass is 9.94. The standard InChI is InChI=1S/C39H41F2N7O3/c1-5-28-31(40)13-10-24-8-7-9-29(32(24)28)34-33(41)35-30(17-42-34)36(47-19-25-11-12-26(20-47)43-25)45-37(44-35)51-22-39-15-14-27(48(39)18-23(3)16-39)21-50-38(49)46(4)6-2/h1,7-10,13,17,25-27,43H,3,6,11-12,14-16,18-22H2,2,4H3/t25-,26+,27-,39-/m0/s1. The van der Waals surface area contributed by atoms with Crippen molar-refractivity contribution in [3.63, 3.8) is 0 Å². The summed E-state index contributed by atoms with van der Waals surface area (Å²) in [6.07, 6.45) is 11.5. The Hall–Kier alpha value is -4.86. The lowest BCUT2D eigenvalue weighted by Gasteiger charge is -2.35. The van der Waals surface area contributed by atoms with E-state index in [1.165, 1.54) is 6.07 Å². The molecule has 0 unspecified atom stereocenters. The zero-order valence-corrected chi connectivity index (χ0v) is 28.9. The van der Waals surface area contributed by atoms with Crippen molar-refractivity contribution in [3.8, 4) is 29.6 Å².